The maximum atomic E-state index is 5.68. The first kappa shape index (κ1) is 9.26. The first-order valence-electron chi connectivity index (χ1n) is 3.96. The summed E-state index contributed by atoms with van der Waals surface area (Å²) in [5.41, 5.74) is 0. The Bertz CT molecular complexity index is 252. The molecule has 1 aromatic heterocycles. The van der Waals surface area contributed by atoms with Gasteiger partial charge in [0, 0.05) is 12.1 Å². The van der Waals surface area contributed by atoms with Gasteiger partial charge in [-0.05, 0) is 13.3 Å². The lowest BCUT2D eigenvalue weighted by Crippen LogP contribution is -2.14. The highest BCUT2D eigenvalue weighted by atomic mass is 35.5. The SMILES string of the molecule is CCC(C)Nc1cc(Cl)ncn1. The number of hydrogen-bond donors (Lipinski definition) is 1. The zero-order valence-electron chi connectivity index (χ0n) is 7.21. The molecule has 0 aliphatic rings. The van der Waals surface area contributed by atoms with Crippen LogP contribution in [0, 0.1) is 0 Å². The fourth-order valence-corrected chi connectivity index (χ4v) is 0.914. The molecule has 1 aromatic rings. The Balaban J connectivity index is 2.63. The van der Waals surface area contributed by atoms with E-state index in [1.165, 1.54) is 6.33 Å². The van der Waals surface area contributed by atoms with Crippen molar-refractivity contribution in [1.29, 1.82) is 0 Å². The van der Waals surface area contributed by atoms with Crippen molar-refractivity contribution in [1.82, 2.24) is 9.97 Å². The number of hydrogen-bond acceptors (Lipinski definition) is 3. The van der Waals surface area contributed by atoms with Crippen molar-refractivity contribution in [2.75, 3.05) is 5.32 Å². The third-order valence-corrected chi connectivity index (χ3v) is 1.85. The van der Waals surface area contributed by atoms with Crippen molar-refractivity contribution in [3.8, 4) is 0 Å². The fourth-order valence-electron chi connectivity index (χ4n) is 0.767. The standard InChI is InChI=1S/C8H12ClN3/c1-3-6(2)12-8-4-7(9)10-5-11-8/h4-6H,3H2,1-2H3,(H,10,11,12). The number of halogens is 1. The predicted molar refractivity (Wildman–Crippen MR) is 50.4 cm³/mol. The van der Waals surface area contributed by atoms with Crippen molar-refractivity contribution >= 4 is 17.4 Å². The minimum atomic E-state index is 0.413. The molecule has 0 aliphatic carbocycles. The van der Waals surface area contributed by atoms with Gasteiger partial charge in [0.25, 0.3) is 0 Å². The molecule has 1 unspecified atom stereocenters. The Labute approximate surface area is 77.2 Å². The molecule has 0 fully saturated rings. The maximum Gasteiger partial charge on any atom is 0.134 e. The van der Waals surface area contributed by atoms with Crippen molar-refractivity contribution in [2.45, 2.75) is 26.3 Å². The molecule has 1 atom stereocenters. The summed E-state index contributed by atoms with van der Waals surface area (Å²) in [5.74, 6) is 0.782. The molecule has 0 saturated heterocycles. The summed E-state index contributed by atoms with van der Waals surface area (Å²) in [5, 5.41) is 3.67. The molecule has 66 valence electrons. The van der Waals surface area contributed by atoms with Crippen LogP contribution in [-0.2, 0) is 0 Å². The van der Waals surface area contributed by atoms with E-state index in [9.17, 15) is 0 Å². The molecule has 4 heteroatoms. The van der Waals surface area contributed by atoms with E-state index in [2.05, 4.69) is 29.1 Å². The molecule has 12 heavy (non-hydrogen) atoms. The third-order valence-electron chi connectivity index (χ3n) is 1.64. The lowest BCUT2D eigenvalue weighted by molar-refractivity contribution is 0.758. The Hall–Kier alpha value is -0.830. The minimum absolute atomic E-state index is 0.413. The van der Waals surface area contributed by atoms with Crippen LogP contribution in [0.25, 0.3) is 0 Å². The molecular weight excluding hydrogens is 174 g/mol. The van der Waals surface area contributed by atoms with E-state index in [4.69, 9.17) is 11.6 Å². The molecule has 1 heterocycles. The van der Waals surface area contributed by atoms with Crippen LogP contribution >= 0.6 is 11.6 Å². The molecule has 0 saturated carbocycles. The molecule has 0 bridgehead atoms. The van der Waals surface area contributed by atoms with Crippen molar-refractivity contribution in [3.63, 3.8) is 0 Å². The summed E-state index contributed by atoms with van der Waals surface area (Å²) >= 11 is 5.68. The number of anilines is 1. The van der Waals surface area contributed by atoms with Gasteiger partial charge in [0.1, 0.15) is 17.3 Å². The second-order valence-electron chi connectivity index (χ2n) is 2.68. The monoisotopic (exact) mass is 185 g/mol. The minimum Gasteiger partial charge on any atom is -0.367 e. The van der Waals surface area contributed by atoms with Crippen LogP contribution in [0.1, 0.15) is 20.3 Å². The van der Waals surface area contributed by atoms with E-state index in [-0.39, 0.29) is 0 Å². The largest absolute Gasteiger partial charge is 0.367 e. The highest BCUT2D eigenvalue weighted by Crippen LogP contribution is 2.10. The second kappa shape index (κ2) is 4.26. The number of nitrogens with zero attached hydrogens (tertiary/aromatic N) is 2. The van der Waals surface area contributed by atoms with E-state index in [0.29, 0.717) is 11.2 Å². The van der Waals surface area contributed by atoms with Crippen LogP contribution in [0.5, 0.6) is 0 Å². The molecule has 0 radical (unpaired) electrons. The lowest BCUT2D eigenvalue weighted by atomic mass is 10.2. The van der Waals surface area contributed by atoms with Crippen LogP contribution < -0.4 is 5.32 Å². The highest BCUT2D eigenvalue weighted by molar-refractivity contribution is 6.29. The molecule has 3 nitrogen and oxygen atoms in total. The number of nitrogens with one attached hydrogen (secondary N) is 1. The quantitative estimate of drug-likeness (QED) is 0.735. The lowest BCUT2D eigenvalue weighted by Gasteiger charge is -2.11. The summed E-state index contributed by atoms with van der Waals surface area (Å²) in [6.07, 6.45) is 2.51. The molecule has 1 N–H and O–H groups in total. The van der Waals surface area contributed by atoms with Gasteiger partial charge in [-0.2, -0.15) is 0 Å². The molecular formula is C8H12ClN3. The van der Waals surface area contributed by atoms with E-state index < -0.39 is 0 Å². The summed E-state index contributed by atoms with van der Waals surface area (Å²) in [6.45, 7) is 4.20. The van der Waals surface area contributed by atoms with Crippen LogP contribution in [0.15, 0.2) is 12.4 Å². The van der Waals surface area contributed by atoms with E-state index >= 15 is 0 Å². The van der Waals surface area contributed by atoms with Gasteiger partial charge in [0.2, 0.25) is 0 Å². The van der Waals surface area contributed by atoms with Gasteiger partial charge < -0.3 is 5.32 Å². The van der Waals surface area contributed by atoms with E-state index in [0.717, 1.165) is 12.2 Å². The second-order valence-corrected chi connectivity index (χ2v) is 3.07. The van der Waals surface area contributed by atoms with Crippen LogP contribution in [-0.4, -0.2) is 16.0 Å². The van der Waals surface area contributed by atoms with Gasteiger partial charge in [0.05, 0.1) is 0 Å². The topological polar surface area (TPSA) is 37.8 Å². The van der Waals surface area contributed by atoms with E-state index in [1.54, 1.807) is 6.07 Å². The zero-order valence-corrected chi connectivity index (χ0v) is 7.97. The summed E-state index contributed by atoms with van der Waals surface area (Å²) < 4.78 is 0. The van der Waals surface area contributed by atoms with Crippen LogP contribution in [0.2, 0.25) is 5.15 Å². The average molecular weight is 186 g/mol. The van der Waals surface area contributed by atoms with Crippen LogP contribution in [0.3, 0.4) is 0 Å². The van der Waals surface area contributed by atoms with Gasteiger partial charge in [-0.25, -0.2) is 9.97 Å². The summed E-state index contributed by atoms with van der Waals surface area (Å²) in [7, 11) is 0. The first-order chi connectivity index (χ1) is 5.72. The Morgan fingerprint density at radius 1 is 1.58 bits per heavy atom. The van der Waals surface area contributed by atoms with Gasteiger partial charge in [0.15, 0.2) is 0 Å². The molecule has 0 aliphatic heterocycles. The summed E-state index contributed by atoms with van der Waals surface area (Å²) in [4.78, 5) is 7.81. The smallest absolute Gasteiger partial charge is 0.134 e. The Morgan fingerprint density at radius 2 is 2.33 bits per heavy atom. The van der Waals surface area contributed by atoms with Gasteiger partial charge >= 0.3 is 0 Å². The van der Waals surface area contributed by atoms with Gasteiger partial charge in [-0.15, -0.1) is 0 Å². The highest BCUT2D eigenvalue weighted by Gasteiger charge is 1.99. The fraction of sp³-hybridized carbons (Fsp3) is 0.500. The number of rotatable bonds is 3. The third kappa shape index (κ3) is 2.66. The number of aromatic nitrogens is 2. The maximum absolute atomic E-state index is 5.68. The van der Waals surface area contributed by atoms with Crippen molar-refractivity contribution in [3.05, 3.63) is 17.5 Å². The molecule has 0 aromatic carbocycles. The molecule has 0 amide bonds. The first-order valence-corrected chi connectivity index (χ1v) is 4.34. The Morgan fingerprint density at radius 3 is 2.92 bits per heavy atom. The Kier molecular flexibility index (Phi) is 3.29. The van der Waals surface area contributed by atoms with Crippen molar-refractivity contribution < 1.29 is 0 Å². The van der Waals surface area contributed by atoms with Gasteiger partial charge in [-0.1, -0.05) is 18.5 Å². The average Bonchev–Trinajstić information content (AvgIpc) is 2.04. The molecule has 0 spiro atoms. The van der Waals surface area contributed by atoms with Gasteiger partial charge in [-0.3, -0.25) is 0 Å². The van der Waals surface area contributed by atoms with Crippen LogP contribution in [0.4, 0.5) is 5.82 Å². The zero-order chi connectivity index (χ0) is 8.97. The molecule has 1 rings (SSSR count). The normalized spacial score (nSPS) is 12.6. The predicted octanol–water partition coefficient (Wildman–Crippen LogP) is 2.34. The van der Waals surface area contributed by atoms with Crippen molar-refractivity contribution in [2.24, 2.45) is 0 Å². The van der Waals surface area contributed by atoms with E-state index in [1.807, 2.05) is 0 Å². The summed E-state index contributed by atoms with van der Waals surface area (Å²) in [6, 6.07) is 2.13.